The minimum atomic E-state index is -0.781. The maximum atomic E-state index is 9.76. The second-order valence-electron chi connectivity index (χ2n) is 13.8. The fourth-order valence-corrected chi connectivity index (χ4v) is 7.81. The van der Waals surface area contributed by atoms with Crippen LogP contribution in [0.15, 0.2) is 229 Å². The minimum Gasteiger partial charge on any atom is -0.455 e. The summed E-state index contributed by atoms with van der Waals surface area (Å²) in [5, 5.41) is 5.78. The number of benzene rings is 10. The van der Waals surface area contributed by atoms with E-state index in [1.807, 2.05) is 140 Å². The number of hydrogen-bond donors (Lipinski definition) is 0. The van der Waals surface area contributed by atoms with Crippen molar-refractivity contribution in [2.24, 2.45) is 0 Å². The molecule has 0 fully saturated rings. The van der Waals surface area contributed by atoms with E-state index in [4.69, 9.17) is 16.8 Å². The highest BCUT2D eigenvalue weighted by Gasteiger charge is 2.21. The van der Waals surface area contributed by atoms with Crippen LogP contribution < -0.4 is 4.90 Å². The van der Waals surface area contributed by atoms with Gasteiger partial charge in [0.1, 0.15) is 11.2 Å². The van der Waals surface area contributed by atoms with E-state index in [0.717, 1.165) is 54.6 Å². The maximum absolute atomic E-state index is 9.76. The molecule has 0 saturated carbocycles. The van der Waals surface area contributed by atoms with Gasteiger partial charge in [0, 0.05) is 33.1 Å². The molecular weight excluding hydrogens is 703 g/mol. The van der Waals surface area contributed by atoms with Gasteiger partial charge in [0.25, 0.3) is 0 Å². The van der Waals surface area contributed by atoms with E-state index in [2.05, 4.69) is 6.07 Å². The Morgan fingerprint density at radius 2 is 0.931 bits per heavy atom. The molecule has 0 aliphatic carbocycles. The number of nitrogens with zero attached hydrogens (tertiary/aromatic N) is 1. The topological polar surface area (TPSA) is 16.4 Å². The van der Waals surface area contributed by atoms with Crippen LogP contribution in [-0.2, 0) is 0 Å². The Hall–Kier alpha value is -7.68. The summed E-state index contributed by atoms with van der Waals surface area (Å²) in [7, 11) is 0. The molecule has 11 aromatic rings. The SMILES string of the molecule is [2H]c1c([2H])c([2H])c(-c2c([2H])c([2H])c(-c3c([2H])c([2H])c(N(c4ccc(-c5cccc6ccccc56)cc4)c4ccccc4-c4cccc5oc6c7ccccc7ccc6c45)c([2H])c3[2H])c([2H])c2[2H])c([2H])c1[2H]. The van der Waals surface area contributed by atoms with Gasteiger partial charge in [0.2, 0.25) is 0 Å². The largest absolute Gasteiger partial charge is 0.455 e. The molecular formula is C56H37NO. The molecule has 1 heterocycles. The van der Waals surface area contributed by atoms with Crippen molar-refractivity contribution in [2.45, 2.75) is 0 Å². The number of rotatable bonds is 7. The van der Waals surface area contributed by atoms with Crippen molar-refractivity contribution < 1.29 is 22.2 Å². The molecule has 1 aromatic heterocycles. The number of anilines is 3. The zero-order chi connectivity index (χ0) is 49.7. The fourth-order valence-electron chi connectivity index (χ4n) is 7.81. The molecule has 0 spiro atoms. The van der Waals surface area contributed by atoms with Gasteiger partial charge in [0.05, 0.1) is 23.5 Å². The first-order chi connectivity index (χ1) is 34.2. The highest BCUT2D eigenvalue weighted by atomic mass is 16.3. The van der Waals surface area contributed by atoms with E-state index in [-0.39, 0.29) is 5.69 Å². The molecule has 272 valence electrons. The summed E-state index contributed by atoms with van der Waals surface area (Å²) in [6, 6.07) is 37.9. The Bertz CT molecular complexity index is 3960. The number of para-hydroxylation sites is 1. The predicted molar refractivity (Wildman–Crippen MR) is 245 cm³/mol. The molecule has 0 aliphatic heterocycles. The van der Waals surface area contributed by atoms with E-state index in [0.29, 0.717) is 22.5 Å². The van der Waals surface area contributed by atoms with Crippen molar-refractivity contribution in [1.29, 1.82) is 0 Å². The molecule has 0 atom stereocenters. The highest BCUT2D eigenvalue weighted by Crippen LogP contribution is 2.46. The molecule has 0 radical (unpaired) electrons. The van der Waals surface area contributed by atoms with Gasteiger partial charge in [-0.15, -0.1) is 0 Å². The van der Waals surface area contributed by atoms with E-state index < -0.39 is 101 Å². The Morgan fingerprint density at radius 3 is 1.69 bits per heavy atom. The van der Waals surface area contributed by atoms with Crippen LogP contribution in [0, 0.1) is 0 Å². The van der Waals surface area contributed by atoms with Gasteiger partial charge < -0.3 is 9.32 Å². The van der Waals surface area contributed by atoms with Crippen molar-refractivity contribution in [3.63, 3.8) is 0 Å². The molecule has 0 N–H and O–H groups in total. The lowest BCUT2D eigenvalue weighted by Crippen LogP contribution is -2.11. The normalized spacial score (nSPS) is 14.6. The van der Waals surface area contributed by atoms with Gasteiger partial charge in [-0.3, -0.25) is 0 Å². The van der Waals surface area contributed by atoms with Crippen LogP contribution in [0.4, 0.5) is 17.1 Å². The van der Waals surface area contributed by atoms with Crippen molar-refractivity contribution in [3.8, 4) is 44.5 Å². The summed E-state index contributed by atoms with van der Waals surface area (Å²) in [5.41, 5.74) is 3.36. The first-order valence-electron chi connectivity index (χ1n) is 25.3. The molecule has 2 nitrogen and oxygen atoms in total. The third-order valence-electron chi connectivity index (χ3n) is 10.5. The quantitative estimate of drug-likeness (QED) is 0.161. The zero-order valence-electron chi connectivity index (χ0n) is 43.7. The van der Waals surface area contributed by atoms with Gasteiger partial charge >= 0.3 is 0 Å². The minimum absolute atomic E-state index is 0.157. The van der Waals surface area contributed by atoms with Crippen molar-refractivity contribution >= 4 is 60.5 Å². The van der Waals surface area contributed by atoms with E-state index in [1.165, 1.54) is 0 Å². The second-order valence-corrected chi connectivity index (χ2v) is 13.8. The van der Waals surface area contributed by atoms with Crippen LogP contribution in [0.5, 0.6) is 0 Å². The smallest absolute Gasteiger partial charge is 0.143 e. The van der Waals surface area contributed by atoms with E-state index in [9.17, 15) is 5.48 Å². The molecule has 58 heavy (non-hydrogen) atoms. The van der Waals surface area contributed by atoms with Gasteiger partial charge in [-0.05, 0) is 97.5 Å². The van der Waals surface area contributed by atoms with Crippen molar-refractivity contribution in [3.05, 3.63) is 224 Å². The fraction of sp³-hybridized carbons (Fsp3) is 0. The summed E-state index contributed by atoms with van der Waals surface area (Å²) in [5.74, 6) is 0. The molecule has 2 heteroatoms. The monoisotopic (exact) mass is 752 g/mol. The molecule has 0 aliphatic rings. The van der Waals surface area contributed by atoms with Crippen LogP contribution in [0.3, 0.4) is 0 Å². The van der Waals surface area contributed by atoms with Crippen LogP contribution in [0.25, 0.3) is 88.0 Å². The van der Waals surface area contributed by atoms with Crippen LogP contribution >= 0.6 is 0 Å². The lowest BCUT2D eigenvalue weighted by atomic mass is 9.95. The summed E-state index contributed by atoms with van der Waals surface area (Å²) in [4.78, 5) is 1.67. The van der Waals surface area contributed by atoms with Gasteiger partial charge in [-0.25, -0.2) is 0 Å². The molecule has 0 bridgehead atoms. The number of furan rings is 1. The molecule has 11 rings (SSSR count). The predicted octanol–water partition coefficient (Wildman–Crippen LogP) is 16.0. The molecule has 0 amide bonds. The van der Waals surface area contributed by atoms with E-state index in [1.54, 1.807) is 4.90 Å². The number of hydrogen-bond acceptors (Lipinski definition) is 2. The zero-order valence-corrected chi connectivity index (χ0v) is 30.7. The van der Waals surface area contributed by atoms with Gasteiger partial charge in [-0.2, -0.15) is 0 Å². The van der Waals surface area contributed by atoms with Crippen LogP contribution in [0.1, 0.15) is 17.8 Å². The second kappa shape index (κ2) is 14.1. The molecule has 0 saturated heterocycles. The average molecular weight is 753 g/mol. The van der Waals surface area contributed by atoms with Crippen molar-refractivity contribution in [1.82, 2.24) is 0 Å². The van der Waals surface area contributed by atoms with Crippen LogP contribution in [0.2, 0.25) is 0 Å². The lowest BCUT2D eigenvalue weighted by Gasteiger charge is -2.28. The van der Waals surface area contributed by atoms with Gasteiger partial charge in [0.15, 0.2) is 0 Å². The first kappa shape index (κ1) is 22.8. The maximum Gasteiger partial charge on any atom is 0.143 e. The van der Waals surface area contributed by atoms with Crippen molar-refractivity contribution in [2.75, 3.05) is 4.90 Å². The van der Waals surface area contributed by atoms with Gasteiger partial charge in [-0.1, -0.05) is 182 Å². The number of fused-ring (bicyclic) bond motifs is 6. The first-order valence-corrected chi connectivity index (χ1v) is 18.8. The lowest BCUT2D eigenvalue weighted by molar-refractivity contribution is 0.673. The summed E-state index contributed by atoms with van der Waals surface area (Å²) < 4.78 is 123. The van der Waals surface area contributed by atoms with Crippen LogP contribution in [-0.4, -0.2) is 0 Å². The summed E-state index contributed by atoms with van der Waals surface area (Å²) >= 11 is 0. The highest BCUT2D eigenvalue weighted by molar-refractivity contribution is 6.19. The standard InChI is InChI=1S/C56H37NO/c1-2-12-38(13-3-1)39-24-26-40(27-25-39)41-28-33-45(34-29-41)57(46-35-30-44(31-36-46)48-20-10-16-42-14-4-6-17-47(42)48)53-22-9-8-19-50(53)51-21-11-23-54-55(51)52-37-32-43-15-5-7-18-49(43)56(52)58-54/h1-37H/i1D,2D,3D,12D,13D,24D,25D,26D,27D,28D,29D,33D,34D. The third kappa shape index (κ3) is 5.82. The average Bonchev–Trinajstić information content (AvgIpc) is 3.79. The Labute approximate surface area is 355 Å². The third-order valence-corrected chi connectivity index (χ3v) is 10.5. The Balaban J connectivity index is 1.15. The summed E-state index contributed by atoms with van der Waals surface area (Å²) in [6.07, 6.45) is 0. The Morgan fingerprint density at radius 1 is 0.362 bits per heavy atom. The van der Waals surface area contributed by atoms with E-state index >= 15 is 0 Å². The molecule has 0 unspecified atom stereocenters. The molecule has 10 aromatic carbocycles. The Kier molecular flexibility index (Phi) is 5.54. The summed E-state index contributed by atoms with van der Waals surface area (Å²) in [6.45, 7) is 0.